The summed E-state index contributed by atoms with van der Waals surface area (Å²) in [7, 11) is 0. The first kappa shape index (κ1) is 20.0. The van der Waals surface area contributed by atoms with Gasteiger partial charge in [-0.25, -0.2) is 0 Å². The third-order valence-electron chi connectivity index (χ3n) is 5.13. The molecule has 1 aromatic carbocycles. The zero-order chi connectivity index (χ0) is 20.9. The summed E-state index contributed by atoms with van der Waals surface area (Å²) in [4.78, 5) is 60.2. The molecule has 3 rings (SSSR count). The minimum absolute atomic E-state index is 0.0148. The van der Waals surface area contributed by atoms with E-state index < -0.39 is 46.9 Å². The number of carbonyl (C=O) groups is 5. The van der Waals surface area contributed by atoms with E-state index in [1.165, 1.54) is 13.0 Å². The average Bonchev–Trinajstić information content (AvgIpc) is 2.60. The molecule has 1 aliphatic heterocycles. The quantitative estimate of drug-likeness (QED) is 0.250. The Balaban J connectivity index is 2.33. The van der Waals surface area contributed by atoms with Crippen molar-refractivity contribution in [1.29, 1.82) is 0 Å². The highest BCUT2D eigenvalue weighted by molar-refractivity contribution is 6.34. The minimum atomic E-state index is -1.50. The summed E-state index contributed by atoms with van der Waals surface area (Å²) in [5.41, 5.74) is -0.978. The van der Waals surface area contributed by atoms with Gasteiger partial charge in [-0.15, -0.1) is 0 Å². The molecule has 28 heavy (non-hydrogen) atoms. The molecular weight excluding hydrogens is 368 g/mol. The van der Waals surface area contributed by atoms with Gasteiger partial charge in [0.05, 0.1) is 11.5 Å². The van der Waals surface area contributed by atoms with Crippen molar-refractivity contribution in [2.75, 3.05) is 0 Å². The van der Waals surface area contributed by atoms with E-state index in [1.54, 1.807) is 32.9 Å². The van der Waals surface area contributed by atoms with Gasteiger partial charge in [0.1, 0.15) is 23.7 Å². The molecule has 8 nitrogen and oxygen atoms in total. The predicted molar refractivity (Wildman–Crippen MR) is 93.6 cm³/mol. The Kier molecular flexibility index (Phi) is 4.81. The topological polar surface area (TPSA) is 113 Å². The van der Waals surface area contributed by atoms with Gasteiger partial charge in [-0.2, -0.15) is 0 Å². The molecule has 1 aliphatic carbocycles. The molecule has 0 bridgehead atoms. The first-order valence-electron chi connectivity index (χ1n) is 8.74. The summed E-state index contributed by atoms with van der Waals surface area (Å²) in [5.74, 6) is -6.16. The van der Waals surface area contributed by atoms with Crippen LogP contribution in [0.5, 0.6) is 5.75 Å². The molecule has 8 heteroatoms. The molecule has 1 fully saturated rings. The Bertz CT molecular complexity index is 886. The van der Waals surface area contributed by atoms with Crippen LogP contribution in [0.3, 0.4) is 0 Å². The van der Waals surface area contributed by atoms with Crippen molar-refractivity contribution in [3.8, 4) is 5.75 Å². The van der Waals surface area contributed by atoms with Gasteiger partial charge in [0.2, 0.25) is 5.78 Å². The van der Waals surface area contributed by atoms with Gasteiger partial charge in [-0.1, -0.05) is 12.1 Å². The molecule has 0 amide bonds. The molecule has 4 atom stereocenters. The van der Waals surface area contributed by atoms with Crippen LogP contribution in [0.25, 0.3) is 0 Å². The maximum atomic E-state index is 13.2. The third-order valence-corrected chi connectivity index (χ3v) is 5.13. The van der Waals surface area contributed by atoms with E-state index in [0.29, 0.717) is 11.8 Å². The van der Waals surface area contributed by atoms with Crippen molar-refractivity contribution in [1.82, 2.24) is 0 Å². The van der Waals surface area contributed by atoms with Gasteiger partial charge < -0.3 is 19.0 Å². The summed E-state index contributed by atoms with van der Waals surface area (Å²) in [5, 5.41) is 0. The van der Waals surface area contributed by atoms with Crippen molar-refractivity contribution in [2.24, 2.45) is 11.8 Å². The number of Topliss-reactive ketones (excluding diaryl/α,β-unsaturated/α-hetero) is 2. The Labute approximate surface area is 161 Å². The number of hydrogen-bond donors (Lipinski definition) is 0. The largest absolute Gasteiger partial charge is 0.426 e. The van der Waals surface area contributed by atoms with E-state index in [0.717, 1.165) is 0 Å². The van der Waals surface area contributed by atoms with Crippen LogP contribution in [0.2, 0.25) is 0 Å². The monoisotopic (exact) mass is 388 g/mol. The molecule has 0 aromatic heterocycles. The molecule has 0 radical (unpaired) electrons. The maximum Gasteiger partial charge on any atom is 0.308 e. The molecule has 1 saturated heterocycles. The Morgan fingerprint density at radius 1 is 1.18 bits per heavy atom. The molecular formula is C20H20O8. The lowest BCUT2D eigenvalue weighted by Crippen LogP contribution is -2.63. The lowest BCUT2D eigenvalue weighted by Gasteiger charge is -2.54. The lowest BCUT2D eigenvalue weighted by atomic mass is 9.62. The van der Waals surface area contributed by atoms with Gasteiger partial charge >= 0.3 is 5.97 Å². The van der Waals surface area contributed by atoms with Gasteiger partial charge in [-0.3, -0.25) is 19.2 Å². The van der Waals surface area contributed by atoms with Crippen LogP contribution in [-0.4, -0.2) is 42.0 Å². The second-order valence-corrected chi connectivity index (χ2v) is 7.49. The molecule has 1 heterocycles. The Morgan fingerprint density at radius 2 is 1.86 bits per heavy atom. The average molecular weight is 388 g/mol. The molecule has 0 spiro atoms. The van der Waals surface area contributed by atoms with Crippen LogP contribution < -0.4 is 4.74 Å². The van der Waals surface area contributed by atoms with E-state index in [1.807, 2.05) is 0 Å². The van der Waals surface area contributed by atoms with Crippen LogP contribution >= 0.6 is 0 Å². The fraction of sp³-hybridized carbons (Fsp3) is 0.450. The zero-order valence-electron chi connectivity index (χ0n) is 15.9. The summed E-state index contributed by atoms with van der Waals surface area (Å²) >= 11 is 0. The van der Waals surface area contributed by atoms with Crippen LogP contribution in [0.15, 0.2) is 18.2 Å². The zero-order valence-corrected chi connectivity index (χ0v) is 15.9. The van der Waals surface area contributed by atoms with Gasteiger partial charge in [0.15, 0.2) is 17.9 Å². The van der Waals surface area contributed by atoms with E-state index >= 15 is 0 Å². The van der Waals surface area contributed by atoms with Crippen molar-refractivity contribution < 1.29 is 38.2 Å². The summed E-state index contributed by atoms with van der Waals surface area (Å²) in [6.07, 6.45) is -0.603. The van der Waals surface area contributed by atoms with E-state index in [4.69, 9.17) is 14.2 Å². The van der Waals surface area contributed by atoms with Crippen LogP contribution in [0.1, 0.15) is 43.6 Å². The highest BCUT2D eigenvalue weighted by atomic mass is 16.7. The van der Waals surface area contributed by atoms with Crippen LogP contribution in [-0.2, 0) is 34.3 Å². The number of rotatable bonds is 4. The van der Waals surface area contributed by atoms with E-state index in [9.17, 15) is 24.0 Å². The minimum Gasteiger partial charge on any atom is -0.426 e. The first-order chi connectivity index (χ1) is 13.1. The second-order valence-electron chi connectivity index (χ2n) is 7.49. The molecule has 0 unspecified atom stereocenters. The Hall–Kier alpha value is -2.71. The highest BCUT2D eigenvalue weighted by Gasteiger charge is 2.61. The van der Waals surface area contributed by atoms with Gasteiger partial charge in [-0.05, 0) is 32.4 Å². The Morgan fingerprint density at radius 3 is 2.43 bits per heavy atom. The van der Waals surface area contributed by atoms with Gasteiger partial charge in [0.25, 0.3) is 0 Å². The van der Waals surface area contributed by atoms with E-state index in [-0.39, 0.29) is 17.6 Å². The number of benzene rings is 1. The molecule has 0 N–H and O–H groups in total. The van der Waals surface area contributed by atoms with Crippen molar-refractivity contribution in [3.05, 3.63) is 29.3 Å². The normalized spacial score (nSPS) is 30.6. The van der Waals surface area contributed by atoms with Gasteiger partial charge in [0, 0.05) is 12.8 Å². The molecule has 148 valence electrons. The number of fused-ring (bicyclic) bond motifs is 3. The summed E-state index contributed by atoms with van der Waals surface area (Å²) in [6, 6.07) is 4.61. The number of esters is 1. The fourth-order valence-electron chi connectivity index (χ4n) is 4.31. The van der Waals surface area contributed by atoms with Crippen molar-refractivity contribution >= 4 is 30.1 Å². The highest BCUT2D eigenvalue weighted by Crippen LogP contribution is 2.54. The number of ether oxygens (including phenoxy) is 3. The van der Waals surface area contributed by atoms with Crippen LogP contribution in [0.4, 0.5) is 0 Å². The smallest absolute Gasteiger partial charge is 0.308 e. The summed E-state index contributed by atoms with van der Waals surface area (Å²) in [6.45, 7) is 6.02. The molecule has 2 aliphatic rings. The molecule has 0 saturated carbocycles. The number of carbonyl (C=O) groups excluding carboxylic acids is 5. The van der Waals surface area contributed by atoms with Crippen molar-refractivity contribution in [2.45, 2.75) is 45.2 Å². The lowest BCUT2D eigenvalue weighted by molar-refractivity contribution is -0.353. The molecule has 1 aromatic rings. The SMILES string of the molecule is CC(=O)Oc1cccc2c1C(=O)[C@@H](C(=O)C=O)[C@@H]1[C@@H](C=O)OC(C)(C)O[C@]21C. The predicted octanol–water partition coefficient (Wildman–Crippen LogP) is 1.37. The van der Waals surface area contributed by atoms with E-state index in [2.05, 4.69) is 0 Å². The standard InChI is InChI=1S/C20H20O8/c1-10(23)26-13-7-5-6-11-15(13)18(25)16(12(24)8-21)17-14(9-22)27-19(2,3)28-20(11,17)4/h5-9,14,16-17H,1-4H3/t14-,16+,17+,20-/m1/s1. The number of ketones is 2. The maximum absolute atomic E-state index is 13.2. The first-order valence-corrected chi connectivity index (χ1v) is 8.74. The number of hydrogen-bond acceptors (Lipinski definition) is 8. The number of aldehydes is 2. The summed E-state index contributed by atoms with van der Waals surface area (Å²) < 4.78 is 16.9. The van der Waals surface area contributed by atoms with Crippen LogP contribution in [0, 0.1) is 11.8 Å². The fourth-order valence-corrected chi connectivity index (χ4v) is 4.31. The second kappa shape index (κ2) is 6.72. The van der Waals surface area contributed by atoms with Crippen molar-refractivity contribution in [3.63, 3.8) is 0 Å². The third kappa shape index (κ3) is 2.98.